The number of aromatic nitrogens is 3. The van der Waals surface area contributed by atoms with Crippen LogP contribution in [0, 0.1) is 0 Å². The molecule has 2 aromatic carbocycles. The summed E-state index contributed by atoms with van der Waals surface area (Å²) >= 11 is 0. The van der Waals surface area contributed by atoms with Crippen molar-refractivity contribution < 1.29 is 19.1 Å². The molecule has 0 aliphatic carbocycles. The molecule has 148 valence electrons. The van der Waals surface area contributed by atoms with Gasteiger partial charge in [0, 0.05) is 11.3 Å². The molecule has 3 aromatic rings. The van der Waals surface area contributed by atoms with E-state index in [0.717, 1.165) is 5.69 Å². The fourth-order valence-corrected chi connectivity index (χ4v) is 2.32. The van der Waals surface area contributed by atoms with Gasteiger partial charge in [0.2, 0.25) is 11.9 Å². The van der Waals surface area contributed by atoms with Crippen LogP contribution in [0.1, 0.15) is 23.1 Å². The van der Waals surface area contributed by atoms with Crippen LogP contribution in [-0.2, 0) is 16.1 Å². The predicted molar refractivity (Wildman–Crippen MR) is 106 cm³/mol. The van der Waals surface area contributed by atoms with Gasteiger partial charge in [0.15, 0.2) is 24.8 Å². The van der Waals surface area contributed by atoms with E-state index < -0.39 is 5.97 Å². The number of nitrogens with two attached hydrogens (primary N) is 1. The Morgan fingerprint density at radius 3 is 2.41 bits per heavy atom. The minimum absolute atomic E-state index is 0.00583. The number of anilines is 3. The van der Waals surface area contributed by atoms with Gasteiger partial charge in [-0.3, -0.25) is 4.79 Å². The lowest BCUT2D eigenvalue weighted by Crippen LogP contribution is -2.16. The Balaban J connectivity index is 1.52. The summed E-state index contributed by atoms with van der Waals surface area (Å²) in [7, 11) is 0. The Morgan fingerprint density at radius 1 is 1.00 bits per heavy atom. The van der Waals surface area contributed by atoms with Crippen LogP contribution in [0.5, 0.6) is 5.75 Å². The molecule has 1 heterocycles. The highest BCUT2D eigenvalue weighted by Crippen LogP contribution is 2.14. The maximum Gasteiger partial charge on any atom is 0.344 e. The zero-order valence-electron chi connectivity index (χ0n) is 15.7. The minimum atomic E-state index is -0.600. The van der Waals surface area contributed by atoms with Gasteiger partial charge in [-0.1, -0.05) is 18.2 Å². The minimum Gasteiger partial charge on any atom is -0.482 e. The van der Waals surface area contributed by atoms with Crippen molar-refractivity contribution >= 4 is 29.3 Å². The average molecular weight is 393 g/mol. The van der Waals surface area contributed by atoms with Gasteiger partial charge in [0.1, 0.15) is 5.75 Å². The lowest BCUT2D eigenvalue weighted by molar-refractivity contribution is -0.147. The normalized spacial score (nSPS) is 10.2. The van der Waals surface area contributed by atoms with Crippen LogP contribution in [0.2, 0.25) is 0 Å². The fourth-order valence-electron chi connectivity index (χ4n) is 2.32. The first-order chi connectivity index (χ1) is 14.0. The zero-order valence-corrected chi connectivity index (χ0v) is 15.7. The Kier molecular flexibility index (Phi) is 6.31. The highest BCUT2D eigenvalue weighted by molar-refractivity contribution is 5.94. The van der Waals surface area contributed by atoms with Gasteiger partial charge in [-0.25, -0.2) is 4.79 Å². The number of nitrogens with one attached hydrogen (secondary N) is 1. The Labute approximate surface area is 166 Å². The first kappa shape index (κ1) is 19.7. The van der Waals surface area contributed by atoms with Crippen LogP contribution in [0.3, 0.4) is 0 Å². The fraction of sp³-hybridized carbons (Fsp3) is 0.150. The third-order valence-electron chi connectivity index (χ3n) is 3.71. The first-order valence-electron chi connectivity index (χ1n) is 8.71. The number of hydrogen-bond acceptors (Lipinski definition) is 9. The number of ether oxygens (including phenoxy) is 2. The van der Waals surface area contributed by atoms with Gasteiger partial charge >= 0.3 is 5.97 Å². The standard InChI is InChI=1S/C20H19N5O4/c1-13(26)14-7-9-16(10-8-14)28-12-18(27)29-11-17-23-19(21)25-20(24-17)22-15-5-3-2-4-6-15/h2-10H,11-12H2,1H3,(H3,21,22,23,24,25). The molecule has 1 aromatic heterocycles. The molecule has 0 aliphatic heterocycles. The summed E-state index contributed by atoms with van der Waals surface area (Å²) in [5.41, 5.74) is 7.04. The molecule has 3 N–H and O–H groups in total. The lowest BCUT2D eigenvalue weighted by atomic mass is 10.1. The molecule has 0 spiro atoms. The molecule has 29 heavy (non-hydrogen) atoms. The Bertz CT molecular complexity index is 994. The number of nitrogens with zero attached hydrogens (tertiary/aromatic N) is 3. The topological polar surface area (TPSA) is 129 Å². The molecule has 0 amide bonds. The van der Waals surface area contributed by atoms with E-state index >= 15 is 0 Å². The molecule has 0 fully saturated rings. The summed E-state index contributed by atoms with van der Waals surface area (Å²) < 4.78 is 10.5. The molecule has 0 aliphatic rings. The molecule has 0 unspecified atom stereocenters. The summed E-state index contributed by atoms with van der Waals surface area (Å²) in [5, 5.41) is 3.00. The maximum absolute atomic E-state index is 11.9. The van der Waals surface area contributed by atoms with Crippen molar-refractivity contribution in [2.24, 2.45) is 0 Å². The van der Waals surface area contributed by atoms with Crippen LogP contribution in [0.25, 0.3) is 0 Å². The van der Waals surface area contributed by atoms with E-state index in [2.05, 4.69) is 20.3 Å². The summed E-state index contributed by atoms with van der Waals surface area (Å²) in [4.78, 5) is 35.3. The van der Waals surface area contributed by atoms with E-state index in [-0.39, 0.29) is 36.7 Å². The van der Waals surface area contributed by atoms with E-state index in [1.54, 1.807) is 24.3 Å². The number of nitrogen functional groups attached to an aromatic ring is 1. The Hall–Kier alpha value is -4.01. The molecule has 9 nitrogen and oxygen atoms in total. The van der Waals surface area contributed by atoms with Gasteiger partial charge in [0.05, 0.1) is 0 Å². The van der Waals surface area contributed by atoms with E-state index in [0.29, 0.717) is 11.3 Å². The van der Waals surface area contributed by atoms with Crippen molar-refractivity contribution in [2.75, 3.05) is 17.7 Å². The number of carbonyl (C=O) groups is 2. The van der Waals surface area contributed by atoms with Crippen molar-refractivity contribution in [2.45, 2.75) is 13.5 Å². The molecular weight excluding hydrogens is 374 g/mol. The Morgan fingerprint density at radius 2 is 1.72 bits per heavy atom. The molecule has 3 rings (SSSR count). The summed E-state index contributed by atoms with van der Waals surface area (Å²) in [6, 6.07) is 15.8. The second-order valence-electron chi connectivity index (χ2n) is 5.95. The molecule has 0 saturated carbocycles. The summed E-state index contributed by atoms with van der Waals surface area (Å²) in [6.45, 7) is 0.999. The number of rotatable bonds is 8. The third kappa shape index (κ3) is 5.99. The maximum atomic E-state index is 11.9. The summed E-state index contributed by atoms with van der Waals surface area (Å²) in [5.74, 6) is 0.259. The predicted octanol–water partition coefficient (Wildman–Crippen LogP) is 2.52. The average Bonchev–Trinajstić information content (AvgIpc) is 2.71. The van der Waals surface area contributed by atoms with Crippen molar-refractivity contribution in [1.82, 2.24) is 15.0 Å². The number of carbonyl (C=O) groups excluding carboxylic acids is 2. The van der Waals surface area contributed by atoms with Crippen LogP contribution in [0.4, 0.5) is 17.6 Å². The van der Waals surface area contributed by atoms with Crippen molar-refractivity contribution in [3.8, 4) is 5.75 Å². The van der Waals surface area contributed by atoms with Crippen LogP contribution < -0.4 is 15.8 Å². The molecule has 0 radical (unpaired) electrons. The van der Waals surface area contributed by atoms with Gasteiger partial charge in [-0.2, -0.15) is 15.0 Å². The van der Waals surface area contributed by atoms with E-state index in [1.807, 2.05) is 30.3 Å². The number of Topliss-reactive ketones (excluding diaryl/α,β-unsaturated/α-hetero) is 1. The van der Waals surface area contributed by atoms with E-state index in [4.69, 9.17) is 15.2 Å². The molecule has 9 heteroatoms. The lowest BCUT2D eigenvalue weighted by Gasteiger charge is -2.09. The van der Waals surface area contributed by atoms with Crippen molar-refractivity contribution in [1.29, 1.82) is 0 Å². The number of esters is 1. The molecular formula is C20H19N5O4. The number of ketones is 1. The van der Waals surface area contributed by atoms with Crippen molar-refractivity contribution in [3.63, 3.8) is 0 Å². The molecule has 0 bridgehead atoms. The van der Waals surface area contributed by atoms with Gasteiger partial charge in [-0.15, -0.1) is 0 Å². The third-order valence-corrected chi connectivity index (χ3v) is 3.71. The van der Waals surface area contributed by atoms with E-state index in [9.17, 15) is 9.59 Å². The first-order valence-corrected chi connectivity index (χ1v) is 8.71. The van der Waals surface area contributed by atoms with Gasteiger partial charge in [0.25, 0.3) is 0 Å². The highest BCUT2D eigenvalue weighted by atomic mass is 16.6. The number of para-hydroxylation sites is 1. The van der Waals surface area contributed by atoms with Crippen LogP contribution in [-0.4, -0.2) is 33.3 Å². The van der Waals surface area contributed by atoms with Gasteiger partial charge < -0.3 is 20.5 Å². The smallest absolute Gasteiger partial charge is 0.344 e. The summed E-state index contributed by atoms with van der Waals surface area (Å²) in [6.07, 6.45) is 0. The monoisotopic (exact) mass is 393 g/mol. The van der Waals surface area contributed by atoms with Crippen molar-refractivity contribution in [3.05, 3.63) is 66.0 Å². The number of benzene rings is 2. The van der Waals surface area contributed by atoms with Crippen LogP contribution >= 0.6 is 0 Å². The molecule has 0 saturated heterocycles. The van der Waals surface area contributed by atoms with E-state index in [1.165, 1.54) is 6.92 Å². The SMILES string of the molecule is CC(=O)c1ccc(OCC(=O)OCc2nc(N)nc(Nc3ccccc3)n2)cc1. The second kappa shape index (κ2) is 9.27. The largest absolute Gasteiger partial charge is 0.482 e. The highest BCUT2D eigenvalue weighted by Gasteiger charge is 2.10. The quantitative estimate of drug-likeness (QED) is 0.438. The van der Waals surface area contributed by atoms with Gasteiger partial charge in [-0.05, 0) is 43.3 Å². The van der Waals surface area contributed by atoms with Crippen LogP contribution in [0.15, 0.2) is 54.6 Å². The number of hydrogen-bond donors (Lipinski definition) is 2. The zero-order chi connectivity index (χ0) is 20.6. The molecule has 0 atom stereocenters. The second-order valence-corrected chi connectivity index (χ2v) is 5.95.